The number of rotatable bonds is 30. The molecule has 0 aromatic carbocycles. The number of ether oxygens (including phenoxy) is 1. The SMILES string of the molecule is CC/C=C\C/C=C\C/C=C\C/C=C\CCCCC(=O)OCC(O)COP(=O)(O)OCC(NC(=O)CCCCCCCCC)C(=O)O. The fourth-order valence-corrected chi connectivity index (χ4v) is 4.78. The Kier molecular flexibility index (Phi) is 28.2. The molecule has 0 rings (SSSR count). The third kappa shape index (κ3) is 28.9. The molecule has 3 atom stereocenters. The van der Waals surface area contributed by atoms with Crippen molar-refractivity contribution in [2.75, 3.05) is 19.8 Å². The van der Waals surface area contributed by atoms with E-state index in [0.29, 0.717) is 12.8 Å². The number of aliphatic hydroxyl groups is 1. The molecule has 0 heterocycles. The number of nitrogens with one attached hydrogen (secondary N) is 1. The van der Waals surface area contributed by atoms with Crippen LogP contribution >= 0.6 is 7.82 Å². The van der Waals surface area contributed by atoms with Crippen LogP contribution in [0.3, 0.4) is 0 Å². The Morgan fingerprint density at radius 2 is 1.26 bits per heavy atom. The molecule has 0 saturated carbocycles. The van der Waals surface area contributed by atoms with Gasteiger partial charge in [-0.05, 0) is 51.4 Å². The Labute approximate surface area is 275 Å². The van der Waals surface area contributed by atoms with Gasteiger partial charge in [-0.25, -0.2) is 9.36 Å². The number of hydrogen-bond donors (Lipinski definition) is 4. The number of allylic oxidation sites excluding steroid dienone is 8. The number of aliphatic carboxylic acids is 1. The zero-order chi connectivity index (χ0) is 34.3. The lowest BCUT2D eigenvalue weighted by Gasteiger charge is -2.18. The van der Waals surface area contributed by atoms with Crippen molar-refractivity contribution in [3.63, 3.8) is 0 Å². The van der Waals surface area contributed by atoms with Crippen LogP contribution < -0.4 is 5.32 Å². The standard InChI is InChI=1S/C34H58NO10P/c1-3-5-7-9-11-12-13-14-15-16-17-18-20-22-24-26-33(38)43-27-30(36)28-44-46(41,42)45-29-31(34(39)40)35-32(37)25-23-21-19-10-8-6-4-2/h5,7,11-12,14-15,17-18,30-31,36H,3-4,6,8-10,13,16,19-29H2,1-2H3,(H,35,37)(H,39,40)(H,41,42)/b7-5-,12-11-,15-14-,18-17-. The van der Waals surface area contributed by atoms with Crippen molar-refractivity contribution >= 4 is 25.7 Å². The molecule has 12 heteroatoms. The fraction of sp³-hybridized carbons (Fsp3) is 0.676. The van der Waals surface area contributed by atoms with E-state index < -0.39 is 57.6 Å². The predicted octanol–water partition coefficient (Wildman–Crippen LogP) is 7.10. The number of hydrogen-bond acceptors (Lipinski definition) is 8. The first-order valence-corrected chi connectivity index (χ1v) is 18.2. The van der Waals surface area contributed by atoms with Crippen LogP contribution in [0.2, 0.25) is 0 Å². The van der Waals surface area contributed by atoms with Gasteiger partial charge in [0.25, 0.3) is 0 Å². The van der Waals surface area contributed by atoms with E-state index in [9.17, 15) is 34.1 Å². The first kappa shape index (κ1) is 43.4. The maximum Gasteiger partial charge on any atom is 0.472 e. The quantitative estimate of drug-likeness (QED) is 0.0267. The van der Waals surface area contributed by atoms with Gasteiger partial charge in [0, 0.05) is 12.8 Å². The second-order valence-corrected chi connectivity index (χ2v) is 12.4. The summed E-state index contributed by atoms with van der Waals surface area (Å²) >= 11 is 0. The van der Waals surface area contributed by atoms with Crippen molar-refractivity contribution < 1.29 is 47.8 Å². The predicted molar refractivity (Wildman–Crippen MR) is 180 cm³/mol. The number of aliphatic hydroxyl groups excluding tert-OH is 1. The van der Waals surface area contributed by atoms with E-state index in [1.807, 2.05) is 0 Å². The molecular formula is C34H58NO10P. The summed E-state index contributed by atoms with van der Waals surface area (Å²) in [5.41, 5.74) is 0. The number of amides is 1. The van der Waals surface area contributed by atoms with Crippen LogP contribution in [0.5, 0.6) is 0 Å². The highest BCUT2D eigenvalue weighted by Gasteiger charge is 2.28. The molecule has 11 nitrogen and oxygen atoms in total. The summed E-state index contributed by atoms with van der Waals surface area (Å²) in [4.78, 5) is 45.3. The zero-order valence-electron chi connectivity index (χ0n) is 27.9. The molecule has 0 radical (unpaired) electrons. The maximum absolute atomic E-state index is 12.1. The van der Waals surface area contributed by atoms with Crippen molar-refractivity contribution in [3.05, 3.63) is 48.6 Å². The van der Waals surface area contributed by atoms with E-state index in [0.717, 1.165) is 70.6 Å². The maximum atomic E-state index is 12.1. The summed E-state index contributed by atoms with van der Waals surface area (Å²) in [6.07, 6.45) is 29.0. The fourth-order valence-electron chi connectivity index (χ4n) is 4.01. The number of carboxylic acids is 1. The van der Waals surface area contributed by atoms with Crippen LogP contribution in [0, 0.1) is 0 Å². The van der Waals surface area contributed by atoms with Crippen molar-refractivity contribution in [2.45, 2.75) is 129 Å². The molecule has 0 spiro atoms. The highest BCUT2D eigenvalue weighted by Crippen LogP contribution is 2.43. The number of carboxylic acid groups (broad SMARTS) is 1. The molecule has 0 aromatic heterocycles. The van der Waals surface area contributed by atoms with Gasteiger partial charge in [-0.3, -0.25) is 18.6 Å². The van der Waals surface area contributed by atoms with Crippen molar-refractivity contribution in [3.8, 4) is 0 Å². The molecule has 3 unspecified atom stereocenters. The Hall–Kier alpha value is -2.56. The Bertz CT molecular complexity index is 979. The minimum Gasteiger partial charge on any atom is -0.480 e. The van der Waals surface area contributed by atoms with Gasteiger partial charge in [0.15, 0.2) is 6.04 Å². The van der Waals surface area contributed by atoms with Gasteiger partial charge in [0.2, 0.25) is 5.91 Å². The first-order chi connectivity index (χ1) is 22.1. The molecule has 0 bridgehead atoms. The van der Waals surface area contributed by atoms with E-state index in [-0.39, 0.29) is 12.8 Å². The van der Waals surface area contributed by atoms with E-state index in [1.165, 1.54) is 6.42 Å². The van der Waals surface area contributed by atoms with Crippen LogP contribution in [0.15, 0.2) is 48.6 Å². The van der Waals surface area contributed by atoms with Gasteiger partial charge in [-0.1, -0.05) is 101 Å². The van der Waals surface area contributed by atoms with Crippen LogP contribution in [-0.2, 0) is 32.7 Å². The zero-order valence-corrected chi connectivity index (χ0v) is 28.7. The lowest BCUT2D eigenvalue weighted by Crippen LogP contribution is -2.43. The largest absolute Gasteiger partial charge is 0.480 e. The average Bonchev–Trinajstić information content (AvgIpc) is 3.02. The lowest BCUT2D eigenvalue weighted by atomic mass is 10.1. The number of carbonyl (C=O) groups excluding carboxylic acids is 2. The molecule has 0 aliphatic carbocycles. The van der Waals surface area contributed by atoms with Gasteiger partial charge in [-0.15, -0.1) is 0 Å². The molecule has 0 fully saturated rings. The molecule has 46 heavy (non-hydrogen) atoms. The van der Waals surface area contributed by atoms with E-state index >= 15 is 0 Å². The molecule has 0 aliphatic heterocycles. The molecule has 264 valence electrons. The average molecular weight is 672 g/mol. The molecular weight excluding hydrogens is 613 g/mol. The number of phosphoric ester groups is 1. The molecule has 0 saturated heterocycles. The van der Waals surface area contributed by atoms with Crippen LogP contribution in [0.25, 0.3) is 0 Å². The highest BCUT2D eigenvalue weighted by molar-refractivity contribution is 7.47. The summed E-state index contributed by atoms with van der Waals surface area (Å²) in [5.74, 6) is -2.44. The van der Waals surface area contributed by atoms with Crippen molar-refractivity contribution in [2.24, 2.45) is 0 Å². The van der Waals surface area contributed by atoms with Gasteiger partial charge >= 0.3 is 19.8 Å². The summed E-state index contributed by atoms with van der Waals surface area (Å²) in [6.45, 7) is 2.31. The van der Waals surface area contributed by atoms with Gasteiger partial charge in [-0.2, -0.15) is 0 Å². The van der Waals surface area contributed by atoms with Crippen molar-refractivity contribution in [1.29, 1.82) is 0 Å². The topological polar surface area (TPSA) is 169 Å². The second-order valence-electron chi connectivity index (χ2n) is 11.0. The van der Waals surface area contributed by atoms with E-state index in [2.05, 4.69) is 67.8 Å². The summed E-state index contributed by atoms with van der Waals surface area (Å²) < 4.78 is 26.5. The minimum atomic E-state index is -4.75. The van der Waals surface area contributed by atoms with Gasteiger partial charge in [0.05, 0.1) is 13.2 Å². The van der Waals surface area contributed by atoms with E-state index in [1.54, 1.807) is 0 Å². The van der Waals surface area contributed by atoms with Crippen LogP contribution in [0.4, 0.5) is 0 Å². The van der Waals surface area contributed by atoms with Crippen LogP contribution in [0.1, 0.15) is 117 Å². The van der Waals surface area contributed by atoms with E-state index in [4.69, 9.17) is 13.8 Å². The van der Waals surface area contributed by atoms with Crippen molar-refractivity contribution in [1.82, 2.24) is 5.32 Å². The molecule has 1 amide bonds. The number of esters is 1. The second kappa shape index (κ2) is 29.8. The first-order valence-electron chi connectivity index (χ1n) is 16.7. The third-order valence-corrected chi connectivity index (χ3v) is 7.58. The van der Waals surface area contributed by atoms with Gasteiger partial charge in [0.1, 0.15) is 12.7 Å². The number of phosphoric acid groups is 1. The Morgan fingerprint density at radius 1 is 0.717 bits per heavy atom. The highest BCUT2D eigenvalue weighted by atomic mass is 31.2. The molecule has 4 N–H and O–H groups in total. The molecule has 0 aromatic rings. The normalized spacial score (nSPS) is 14.7. The number of carbonyl (C=O) groups is 3. The summed E-state index contributed by atoms with van der Waals surface area (Å²) in [7, 11) is -4.75. The third-order valence-electron chi connectivity index (χ3n) is 6.63. The Balaban J connectivity index is 4.06. The number of unbranched alkanes of at least 4 members (excludes halogenated alkanes) is 8. The van der Waals surface area contributed by atoms with Crippen LogP contribution in [-0.4, -0.2) is 64.9 Å². The van der Waals surface area contributed by atoms with Gasteiger partial charge < -0.3 is 25.2 Å². The Morgan fingerprint density at radius 3 is 1.87 bits per heavy atom. The monoisotopic (exact) mass is 671 g/mol. The smallest absolute Gasteiger partial charge is 0.472 e. The summed E-state index contributed by atoms with van der Waals surface area (Å²) in [5, 5.41) is 21.6. The molecule has 0 aliphatic rings. The summed E-state index contributed by atoms with van der Waals surface area (Å²) in [6, 6.07) is -1.55. The minimum absolute atomic E-state index is 0.140. The lowest BCUT2D eigenvalue weighted by molar-refractivity contribution is -0.147.